The molecule has 0 aliphatic carbocycles. The average Bonchev–Trinajstić information content (AvgIpc) is 2.94. The lowest BCUT2D eigenvalue weighted by Gasteiger charge is -2.36. The van der Waals surface area contributed by atoms with Crippen molar-refractivity contribution in [3.63, 3.8) is 0 Å². The van der Waals surface area contributed by atoms with Crippen LogP contribution in [0.3, 0.4) is 0 Å². The zero-order valence-electron chi connectivity index (χ0n) is 12.6. The third-order valence-corrected chi connectivity index (χ3v) is 4.29. The molecule has 5 nitrogen and oxygen atoms in total. The molecule has 2 aliphatic heterocycles. The fourth-order valence-corrected chi connectivity index (χ4v) is 3.22. The minimum atomic E-state index is 0.244. The van der Waals surface area contributed by atoms with Gasteiger partial charge in [-0.15, -0.1) is 0 Å². The fourth-order valence-electron chi connectivity index (χ4n) is 3.22. The summed E-state index contributed by atoms with van der Waals surface area (Å²) in [6, 6.07) is 11.0. The molecule has 2 unspecified atom stereocenters. The molecule has 2 saturated heterocycles. The van der Waals surface area contributed by atoms with E-state index in [4.69, 9.17) is 10.5 Å². The van der Waals surface area contributed by atoms with E-state index in [1.807, 2.05) is 6.92 Å². The molecular formula is C16H24N4O. The van der Waals surface area contributed by atoms with E-state index in [1.165, 1.54) is 5.56 Å². The summed E-state index contributed by atoms with van der Waals surface area (Å²) >= 11 is 0. The van der Waals surface area contributed by atoms with E-state index in [1.54, 1.807) is 0 Å². The Morgan fingerprint density at radius 1 is 1.33 bits per heavy atom. The van der Waals surface area contributed by atoms with Crippen molar-refractivity contribution >= 4 is 5.96 Å². The van der Waals surface area contributed by atoms with Gasteiger partial charge < -0.3 is 15.4 Å². The molecule has 5 heteroatoms. The average molecular weight is 288 g/mol. The van der Waals surface area contributed by atoms with Gasteiger partial charge in [-0.3, -0.25) is 9.89 Å². The molecule has 114 valence electrons. The van der Waals surface area contributed by atoms with Gasteiger partial charge in [0, 0.05) is 32.7 Å². The first-order valence-corrected chi connectivity index (χ1v) is 7.72. The standard InChI is InChI=1S/C16H24N4O/c1-2-18-16(17)20-11-14-15(12-20)21-9-8-19(14)10-13-6-4-3-5-7-13/h3-7,14-15H,2,8-12H2,1H3,(H2,17,18). The number of aliphatic imine (C=N–C) groups is 1. The van der Waals surface area contributed by atoms with Gasteiger partial charge in [-0.05, 0) is 12.5 Å². The van der Waals surface area contributed by atoms with E-state index >= 15 is 0 Å². The lowest BCUT2D eigenvalue weighted by Crippen LogP contribution is -2.50. The van der Waals surface area contributed by atoms with Crippen molar-refractivity contribution in [1.82, 2.24) is 9.80 Å². The van der Waals surface area contributed by atoms with Crippen molar-refractivity contribution in [1.29, 1.82) is 0 Å². The van der Waals surface area contributed by atoms with Gasteiger partial charge >= 0.3 is 0 Å². The number of ether oxygens (including phenoxy) is 1. The van der Waals surface area contributed by atoms with Crippen LogP contribution in [0, 0.1) is 0 Å². The van der Waals surface area contributed by atoms with Gasteiger partial charge in [0.2, 0.25) is 0 Å². The van der Waals surface area contributed by atoms with E-state index in [0.29, 0.717) is 12.0 Å². The van der Waals surface area contributed by atoms with Crippen molar-refractivity contribution in [3.05, 3.63) is 35.9 Å². The Hall–Kier alpha value is -1.59. The Kier molecular flexibility index (Phi) is 4.41. The Morgan fingerprint density at radius 2 is 2.14 bits per heavy atom. The maximum Gasteiger partial charge on any atom is 0.191 e. The Morgan fingerprint density at radius 3 is 2.90 bits per heavy atom. The predicted molar refractivity (Wildman–Crippen MR) is 84.1 cm³/mol. The summed E-state index contributed by atoms with van der Waals surface area (Å²) in [6.45, 7) is 7.25. The molecule has 0 radical (unpaired) electrons. The fraction of sp³-hybridized carbons (Fsp3) is 0.562. The second kappa shape index (κ2) is 6.45. The van der Waals surface area contributed by atoms with Gasteiger partial charge in [0.1, 0.15) is 0 Å². The molecule has 1 aromatic carbocycles. The first-order valence-electron chi connectivity index (χ1n) is 7.72. The summed E-state index contributed by atoms with van der Waals surface area (Å²) in [5, 5.41) is 0. The first-order chi connectivity index (χ1) is 10.3. The molecule has 2 aliphatic rings. The SMILES string of the molecule is CCN=C(N)N1CC2OCCN(Cc3ccccc3)C2C1. The molecule has 2 fully saturated rings. The molecule has 0 aromatic heterocycles. The molecule has 0 amide bonds. The highest BCUT2D eigenvalue weighted by atomic mass is 16.5. The lowest BCUT2D eigenvalue weighted by atomic mass is 10.1. The van der Waals surface area contributed by atoms with Crippen LogP contribution in [-0.2, 0) is 11.3 Å². The van der Waals surface area contributed by atoms with Crippen LogP contribution in [0.4, 0.5) is 0 Å². The van der Waals surface area contributed by atoms with E-state index in [2.05, 4.69) is 45.1 Å². The zero-order chi connectivity index (χ0) is 14.7. The minimum absolute atomic E-state index is 0.244. The number of nitrogens with two attached hydrogens (primary N) is 1. The largest absolute Gasteiger partial charge is 0.373 e. The van der Waals surface area contributed by atoms with Gasteiger partial charge in [0.15, 0.2) is 5.96 Å². The highest BCUT2D eigenvalue weighted by Gasteiger charge is 2.40. The van der Waals surface area contributed by atoms with Gasteiger partial charge in [0.05, 0.1) is 18.8 Å². The number of rotatable bonds is 3. The lowest BCUT2D eigenvalue weighted by molar-refractivity contribution is -0.0502. The van der Waals surface area contributed by atoms with Gasteiger partial charge in [-0.25, -0.2) is 0 Å². The monoisotopic (exact) mass is 288 g/mol. The minimum Gasteiger partial charge on any atom is -0.373 e. The van der Waals surface area contributed by atoms with Gasteiger partial charge in [0.25, 0.3) is 0 Å². The Balaban J connectivity index is 1.68. The number of guanidine groups is 1. The van der Waals surface area contributed by atoms with Gasteiger partial charge in [-0.1, -0.05) is 30.3 Å². The molecule has 2 heterocycles. The van der Waals surface area contributed by atoms with Crippen molar-refractivity contribution in [3.8, 4) is 0 Å². The molecule has 2 atom stereocenters. The van der Waals surface area contributed by atoms with Crippen LogP contribution in [0.2, 0.25) is 0 Å². The van der Waals surface area contributed by atoms with E-state index in [0.717, 1.165) is 39.3 Å². The number of hydrogen-bond acceptors (Lipinski definition) is 3. The van der Waals surface area contributed by atoms with Crippen LogP contribution in [-0.4, -0.2) is 60.7 Å². The van der Waals surface area contributed by atoms with Crippen LogP contribution in [0.1, 0.15) is 12.5 Å². The number of likely N-dealkylation sites (tertiary alicyclic amines) is 1. The molecule has 1 aromatic rings. The zero-order valence-corrected chi connectivity index (χ0v) is 12.6. The van der Waals surface area contributed by atoms with E-state index < -0.39 is 0 Å². The van der Waals surface area contributed by atoms with E-state index in [-0.39, 0.29) is 6.10 Å². The third kappa shape index (κ3) is 3.19. The highest BCUT2D eigenvalue weighted by molar-refractivity contribution is 5.78. The molecule has 0 bridgehead atoms. The van der Waals surface area contributed by atoms with Crippen molar-refractivity contribution < 1.29 is 4.74 Å². The van der Waals surface area contributed by atoms with Crippen LogP contribution >= 0.6 is 0 Å². The van der Waals surface area contributed by atoms with Crippen molar-refractivity contribution in [2.24, 2.45) is 10.7 Å². The molecule has 21 heavy (non-hydrogen) atoms. The normalized spacial score (nSPS) is 26.9. The summed E-state index contributed by atoms with van der Waals surface area (Å²) in [4.78, 5) is 8.99. The number of benzene rings is 1. The molecule has 0 saturated carbocycles. The summed E-state index contributed by atoms with van der Waals surface area (Å²) in [5.74, 6) is 0.648. The number of hydrogen-bond donors (Lipinski definition) is 1. The second-order valence-corrected chi connectivity index (χ2v) is 5.67. The molecule has 3 rings (SSSR count). The highest BCUT2D eigenvalue weighted by Crippen LogP contribution is 2.24. The second-order valence-electron chi connectivity index (χ2n) is 5.67. The summed E-state index contributed by atoms with van der Waals surface area (Å²) < 4.78 is 5.93. The van der Waals surface area contributed by atoms with Crippen LogP contribution in [0.5, 0.6) is 0 Å². The number of fused-ring (bicyclic) bond motifs is 1. The number of morpholine rings is 1. The maximum absolute atomic E-state index is 6.04. The van der Waals surface area contributed by atoms with Crippen LogP contribution in [0.15, 0.2) is 35.3 Å². The maximum atomic E-state index is 6.04. The first kappa shape index (κ1) is 14.4. The van der Waals surface area contributed by atoms with Crippen molar-refractivity contribution in [2.45, 2.75) is 25.6 Å². The topological polar surface area (TPSA) is 54.1 Å². The van der Waals surface area contributed by atoms with E-state index in [9.17, 15) is 0 Å². The molecule has 0 spiro atoms. The Bertz CT molecular complexity index is 490. The summed E-state index contributed by atoms with van der Waals surface area (Å²) in [6.07, 6.45) is 0.244. The summed E-state index contributed by atoms with van der Waals surface area (Å²) in [5.41, 5.74) is 7.40. The Labute approximate surface area is 126 Å². The molecular weight excluding hydrogens is 264 g/mol. The third-order valence-electron chi connectivity index (χ3n) is 4.29. The predicted octanol–water partition coefficient (Wildman–Crippen LogP) is 0.906. The number of nitrogens with zero attached hydrogens (tertiary/aromatic N) is 3. The van der Waals surface area contributed by atoms with Crippen LogP contribution in [0.25, 0.3) is 0 Å². The van der Waals surface area contributed by atoms with Crippen molar-refractivity contribution in [2.75, 3.05) is 32.8 Å². The van der Waals surface area contributed by atoms with Gasteiger partial charge in [-0.2, -0.15) is 0 Å². The smallest absolute Gasteiger partial charge is 0.191 e. The molecule has 2 N–H and O–H groups in total. The van der Waals surface area contributed by atoms with Crippen LogP contribution < -0.4 is 5.73 Å². The summed E-state index contributed by atoms with van der Waals surface area (Å²) in [7, 11) is 0. The quantitative estimate of drug-likeness (QED) is 0.663.